The number of carbonyl (C=O) groups excluding carboxylic acids is 2. The van der Waals surface area contributed by atoms with Gasteiger partial charge in [-0.3, -0.25) is 9.59 Å². The zero-order chi connectivity index (χ0) is 19.6. The molecule has 1 aliphatic rings. The SMILES string of the molecule is CN(C)CCNC(=O)c1cc(S(N)(=O)=O)cc(C(=O)N[C@H]2C[C@H]2F)c1Br. The Balaban J connectivity index is 2.35. The molecular formula is C15H20BrFN4O4S. The topological polar surface area (TPSA) is 122 Å². The number of nitrogens with two attached hydrogens (primary N) is 1. The van der Waals surface area contributed by atoms with Gasteiger partial charge in [0, 0.05) is 24.0 Å². The molecule has 2 atom stereocenters. The second-order valence-corrected chi connectivity index (χ2v) is 8.62. The Bertz CT molecular complexity index is 831. The van der Waals surface area contributed by atoms with Gasteiger partial charge in [-0.05, 0) is 42.2 Å². The molecule has 1 aromatic rings. The van der Waals surface area contributed by atoms with Crippen LogP contribution in [-0.2, 0) is 10.0 Å². The highest BCUT2D eigenvalue weighted by Crippen LogP contribution is 2.29. The van der Waals surface area contributed by atoms with Gasteiger partial charge in [-0.1, -0.05) is 0 Å². The van der Waals surface area contributed by atoms with Crippen LogP contribution in [0.1, 0.15) is 27.1 Å². The van der Waals surface area contributed by atoms with Gasteiger partial charge in [0.1, 0.15) is 6.17 Å². The smallest absolute Gasteiger partial charge is 0.252 e. The molecule has 0 radical (unpaired) electrons. The lowest BCUT2D eigenvalue weighted by atomic mass is 10.1. The summed E-state index contributed by atoms with van der Waals surface area (Å²) in [6.07, 6.45) is -0.913. The number of amides is 2. The Kier molecular flexibility index (Phi) is 6.37. The van der Waals surface area contributed by atoms with Crippen LogP contribution in [0.3, 0.4) is 0 Å². The molecular weight excluding hydrogens is 431 g/mol. The third-order valence-corrected chi connectivity index (χ3v) is 5.48. The van der Waals surface area contributed by atoms with Crippen LogP contribution in [0.2, 0.25) is 0 Å². The third kappa shape index (κ3) is 5.22. The Morgan fingerprint density at radius 2 is 1.85 bits per heavy atom. The third-order valence-electron chi connectivity index (χ3n) is 3.74. The van der Waals surface area contributed by atoms with Gasteiger partial charge in [-0.15, -0.1) is 0 Å². The molecule has 0 aromatic heterocycles. The van der Waals surface area contributed by atoms with E-state index in [-0.39, 0.29) is 26.9 Å². The fourth-order valence-electron chi connectivity index (χ4n) is 2.14. The van der Waals surface area contributed by atoms with Crippen LogP contribution in [0, 0.1) is 0 Å². The molecule has 1 aromatic carbocycles. The number of alkyl halides is 1. The van der Waals surface area contributed by atoms with Crippen molar-refractivity contribution in [3.8, 4) is 0 Å². The van der Waals surface area contributed by atoms with Gasteiger partial charge in [0.15, 0.2) is 0 Å². The molecule has 2 rings (SSSR count). The van der Waals surface area contributed by atoms with Gasteiger partial charge in [0.2, 0.25) is 10.0 Å². The van der Waals surface area contributed by atoms with E-state index in [1.165, 1.54) is 0 Å². The van der Waals surface area contributed by atoms with Crippen molar-refractivity contribution in [3.63, 3.8) is 0 Å². The highest BCUT2D eigenvalue weighted by molar-refractivity contribution is 9.10. The average Bonchev–Trinajstić information content (AvgIpc) is 3.20. The van der Waals surface area contributed by atoms with Crippen molar-refractivity contribution in [1.29, 1.82) is 0 Å². The van der Waals surface area contributed by atoms with Crippen molar-refractivity contribution in [2.75, 3.05) is 27.2 Å². The summed E-state index contributed by atoms with van der Waals surface area (Å²) in [6.45, 7) is 0.899. The minimum absolute atomic E-state index is 0.0481. The normalized spacial score (nSPS) is 19.3. The van der Waals surface area contributed by atoms with Gasteiger partial charge in [0.05, 0.1) is 22.1 Å². The van der Waals surface area contributed by atoms with Crippen LogP contribution in [0.15, 0.2) is 21.5 Å². The van der Waals surface area contributed by atoms with Gasteiger partial charge in [0.25, 0.3) is 11.8 Å². The maximum atomic E-state index is 13.0. The Hall–Kier alpha value is -1.56. The van der Waals surface area contributed by atoms with E-state index in [0.29, 0.717) is 13.1 Å². The minimum atomic E-state index is -4.15. The highest BCUT2D eigenvalue weighted by atomic mass is 79.9. The molecule has 1 fully saturated rings. The number of nitrogens with one attached hydrogen (secondary N) is 2. The van der Waals surface area contributed by atoms with E-state index >= 15 is 0 Å². The van der Waals surface area contributed by atoms with Crippen molar-refractivity contribution in [2.45, 2.75) is 23.5 Å². The van der Waals surface area contributed by atoms with Crippen molar-refractivity contribution in [1.82, 2.24) is 15.5 Å². The van der Waals surface area contributed by atoms with Crippen LogP contribution in [0.5, 0.6) is 0 Å². The molecule has 0 unspecified atom stereocenters. The number of hydrogen-bond acceptors (Lipinski definition) is 5. The number of rotatable bonds is 7. The van der Waals surface area contributed by atoms with Gasteiger partial charge < -0.3 is 15.5 Å². The molecule has 1 saturated carbocycles. The number of nitrogens with zero attached hydrogens (tertiary/aromatic N) is 1. The number of halogens is 2. The molecule has 4 N–H and O–H groups in total. The lowest BCUT2D eigenvalue weighted by Crippen LogP contribution is -2.32. The fraction of sp³-hybridized carbons (Fsp3) is 0.467. The van der Waals surface area contributed by atoms with Crippen molar-refractivity contribution >= 4 is 37.8 Å². The molecule has 8 nitrogen and oxygen atoms in total. The molecule has 0 aliphatic heterocycles. The molecule has 1 aliphatic carbocycles. The van der Waals surface area contributed by atoms with Crippen LogP contribution in [0.4, 0.5) is 4.39 Å². The lowest BCUT2D eigenvalue weighted by Gasteiger charge is -2.14. The molecule has 0 saturated heterocycles. The molecule has 2 amide bonds. The van der Waals surface area contributed by atoms with E-state index in [4.69, 9.17) is 5.14 Å². The fourth-order valence-corrected chi connectivity index (χ4v) is 3.29. The van der Waals surface area contributed by atoms with E-state index in [0.717, 1.165) is 12.1 Å². The molecule has 11 heteroatoms. The molecule has 144 valence electrons. The van der Waals surface area contributed by atoms with Crippen molar-refractivity contribution in [3.05, 3.63) is 27.7 Å². The molecule has 0 heterocycles. The van der Waals surface area contributed by atoms with Gasteiger partial charge in [-0.2, -0.15) is 0 Å². The largest absolute Gasteiger partial charge is 0.351 e. The molecule has 0 spiro atoms. The number of sulfonamides is 1. The standard InChI is InChI=1S/C15H20BrFN4O4S/c1-21(2)4-3-19-14(22)9-5-8(26(18,24)25)6-10(13(9)16)15(23)20-12-7-11(12)17/h5-6,11-12H,3-4,7H2,1-2H3,(H,19,22)(H,20,23)(H2,18,24,25)/t11-,12+/m1/s1. The number of benzene rings is 1. The first-order chi connectivity index (χ1) is 12.0. The molecule has 0 bridgehead atoms. The first-order valence-electron chi connectivity index (χ1n) is 7.75. The van der Waals surface area contributed by atoms with Crippen molar-refractivity contribution in [2.24, 2.45) is 5.14 Å². The van der Waals surface area contributed by atoms with E-state index in [1.807, 2.05) is 19.0 Å². The number of likely N-dealkylation sites (N-methyl/N-ethyl adjacent to an activating group) is 1. The van der Waals surface area contributed by atoms with Gasteiger partial charge >= 0.3 is 0 Å². The summed E-state index contributed by atoms with van der Waals surface area (Å²) in [6, 6.07) is 1.54. The predicted molar refractivity (Wildman–Crippen MR) is 97.2 cm³/mol. The first-order valence-corrected chi connectivity index (χ1v) is 10.1. The summed E-state index contributed by atoms with van der Waals surface area (Å²) in [5.41, 5.74) is -0.151. The maximum absolute atomic E-state index is 13.0. The van der Waals surface area contributed by atoms with Crippen LogP contribution in [-0.4, -0.2) is 64.5 Å². The number of hydrogen-bond donors (Lipinski definition) is 3. The second kappa shape index (κ2) is 7.99. The maximum Gasteiger partial charge on any atom is 0.252 e. The molecule has 26 heavy (non-hydrogen) atoms. The van der Waals surface area contributed by atoms with E-state index in [2.05, 4.69) is 26.6 Å². The zero-order valence-electron chi connectivity index (χ0n) is 14.3. The summed E-state index contributed by atoms with van der Waals surface area (Å²) in [7, 11) is -0.481. The van der Waals surface area contributed by atoms with Crippen molar-refractivity contribution < 1.29 is 22.4 Å². The summed E-state index contributed by atoms with van der Waals surface area (Å²) < 4.78 is 36.6. The van der Waals surface area contributed by atoms with E-state index < -0.39 is 34.1 Å². The minimum Gasteiger partial charge on any atom is -0.351 e. The van der Waals surface area contributed by atoms with Crippen LogP contribution < -0.4 is 15.8 Å². The van der Waals surface area contributed by atoms with E-state index in [9.17, 15) is 22.4 Å². The average molecular weight is 451 g/mol. The summed E-state index contributed by atoms with van der Waals surface area (Å²) in [4.78, 5) is 26.2. The Morgan fingerprint density at radius 1 is 1.31 bits per heavy atom. The Labute approximate surface area is 159 Å². The predicted octanol–water partition coefficient (Wildman–Crippen LogP) is 0.228. The van der Waals surface area contributed by atoms with Gasteiger partial charge in [-0.25, -0.2) is 17.9 Å². The summed E-state index contributed by atoms with van der Waals surface area (Å²) in [5, 5.41) is 10.2. The van der Waals surface area contributed by atoms with Crippen LogP contribution >= 0.6 is 15.9 Å². The van der Waals surface area contributed by atoms with Crippen LogP contribution in [0.25, 0.3) is 0 Å². The lowest BCUT2D eigenvalue weighted by molar-refractivity contribution is 0.0946. The first kappa shape index (κ1) is 20.7. The second-order valence-electron chi connectivity index (χ2n) is 6.27. The summed E-state index contributed by atoms with van der Waals surface area (Å²) >= 11 is 3.17. The quantitative estimate of drug-likeness (QED) is 0.548. The van der Waals surface area contributed by atoms with E-state index in [1.54, 1.807) is 0 Å². The highest BCUT2D eigenvalue weighted by Gasteiger charge is 2.39. The Morgan fingerprint density at radius 3 is 2.31 bits per heavy atom. The zero-order valence-corrected chi connectivity index (χ0v) is 16.7. The number of primary sulfonamides is 1. The monoisotopic (exact) mass is 450 g/mol. The number of carbonyl (C=O) groups is 2. The summed E-state index contributed by atoms with van der Waals surface area (Å²) in [5.74, 6) is -1.25.